The molecule has 2 aromatic heterocycles. The number of nitrogens with one attached hydrogen (secondary N) is 1. The zero-order valence-electron chi connectivity index (χ0n) is 12.1. The van der Waals surface area contributed by atoms with Gasteiger partial charge in [0.25, 0.3) is 0 Å². The van der Waals surface area contributed by atoms with E-state index in [4.69, 9.17) is 0 Å². The van der Waals surface area contributed by atoms with Crippen molar-refractivity contribution < 1.29 is 9.90 Å². The number of H-pyrrole nitrogens is 1. The summed E-state index contributed by atoms with van der Waals surface area (Å²) in [5.74, 6) is 0.636. The number of anilines is 1. The number of thiol groups is 1. The Balaban J connectivity index is 1.60. The van der Waals surface area contributed by atoms with Gasteiger partial charge in [-0.05, 0) is 30.9 Å². The molecule has 11 heteroatoms. The summed E-state index contributed by atoms with van der Waals surface area (Å²) in [6.07, 6.45) is 2.75. The Labute approximate surface area is 142 Å². The van der Waals surface area contributed by atoms with Crippen molar-refractivity contribution >= 4 is 36.5 Å². The second-order valence-electron chi connectivity index (χ2n) is 4.98. The van der Waals surface area contributed by atoms with Crippen molar-refractivity contribution in [3.8, 4) is 0 Å². The van der Waals surface area contributed by atoms with E-state index in [0.717, 1.165) is 17.0 Å². The second-order valence-corrected chi connectivity index (χ2v) is 6.74. The maximum atomic E-state index is 11.5. The molecule has 3 heterocycles. The standard InChI is InChI=1S/C12H15N7O2S2/c20-12(21)18(4-2-1-3-10-14-16-17-15-10)9-5-8-7-19(22)23-11(8)13-6-9/h5-6,22H,1-4,7H2,(H,20,21)(H,14,15,16,17). The highest BCUT2D eigenvalue weighted by molar-refractivity contribution is 8.05. The summed E-state index contributed by atoms with van der Waals surface area (Å²) in [5.41, 5.74) is 1.57. The summed E-state index contributed by atoms with van der Waals surface area (Å²) in [7, 11) is 0. The lowest BCUT2D eigenvalue weighted by atomic mass is 10.2. The molecule has 0 fully saturated rings. The van der Waals surface area contributed by atoms with Crippen LogP contribution >= 0.6 is 24.8 Å². The van der Waals surface area contributed by atoms with Crippen LogP contribution in [0.1, 0.15) is 24.2 Å². The van der Waals surface area contributed by atoms with E-state index in [0.29, 0.717) is 37.4 Å². The van der Waals surface area contributed by atoms with Crippen LogP contribution in [0.3, 0.4) is 0 Å². The molecule has 0 atom stereocenters. The monoisotopic (exact) mass is 353 g/mol. The van der Waals surface area contributed by atoms with Gasteiger partial charge in [-0.15, -0.1) is 10.2 Å². The molecule has 1 aliphatic heterocycles. The molecule has 23 heavy (non-hydrogen) atoms. The van der Waals surface area contributed by atoms with Crippen LogP contribution in [0.4, 0.5) is 10.5 Å². The minimum absolute atomic E-state index is 0.394. The fourth-order valence-electron chi connectivity index (χ4n) is 2.28. The smallest absolute Gasteiger partial charge is 0.411 e. The van der Waals surface area contributed by atoms with Crippen molar-refractivity contribution in [2.24, 2.45) is 0 Å². The lowest BCUT2D eigenvalue weighted by Crippen LogP contribution is -2.30. The van der Waals surface area contributed by atoms with E-state index in [1.807, 2.05) is 6.07 Å². The van der Waals surface area contributed by atoms with Crippen molar-refractivity contribution in [1.82, 2.24) is 29.3 Å². The van der Waals surface area contributed by atoms with Gasteiger partial charge in [0.1, 0.15) is 5.03 Å². The summed E-state index contributed by atoms with van der Waals surface area (Å²) in [5, 5.41) is 23.9. The molecule has 1 aliphatic rings. The number of fused-ring (bicyclic) bond motifs is 1. The minimum atomic E-state index is -0.986. The normalized spacial score (nSPS) is 14.0. The zero-order valence-corrected chi connectivity index (χ0v) is 13.8. The number of tetrazole rings is 1. The van der Waals surface area contributed by atoms with E-state index < -0.39 is 6.09 Å². The summed E-state index contributed by atoms with van der Waals surface area (Å²) >= 11 is 5.71. The third kappa shape index (κ3) is 3.92. The van der Waals surface area contributed by atoms with E-state index in [1.54, 1.807) is 9.91 Å². The van der Waals surface area contributed by atoms with Crippen molar-refractivity contribution in [1.29, 1.82) is 0 Å². The van der Waals surface area contributed by atoms with Gasteiger partial charge in [0, 0.05) is 25.1 Å². The highest BCUT2D eigenvalue weighted by Gasteiger charge is 2.22. The predicted molar refractivity (Wildman–Crippen MR) is 87.1 cm³/mol. The summed E-state index contributed by atoms with van der Waals surface area (Å²) in [6.45, 7) is 1.03. The highest BCUT2D eigenvalue weighted by atomic mass is 32.2. The number of unbranched alkanes of at least 4 members (excludes halogenated alkanes) is 1. The number of nitrogens with zero attached hydrogens (tertiary/aromatic N) is 6. The molecular formula is C12H15N7O2S2. The Bertz CT molecular complexity index is 682. The van der Waals surface area contributed by atoms with E-state index in [-0.39, 0.29) is 0 Å². The van der Waals surface area contributed by atoms with Crippen LogP contribution in [-0.4, -0.2) is 47.1 Å². The van der Waals surface area contributed by atoms with Crippen LogP contribution in [0.15, 0.2) is 17.3 Å². The number of hydrogen-bond acceptors (Lipinski definition) is 8. The first-order chi connectivity index (χ1) is 11.1. The molecule has 1 amide bonds. The SMILES string of the molecule is O=C(O)N(CCCCc1nn[nH]n1)c1cnc2c(c1)CN(S)S2. The van der Waals surface area contributed by atoms with Crippen LogP contribution in [-0.2, 0) is 13.0 Å². The molecule has 122 valence electrons. The summed E-state index contributed by atoms with van der Waals surface area (Å²) in [6, 6.07) is 1.86. The van der Waals surface area contributed by atoms with E-state index in [9.17, 15) is 9.90 Å². The van der Waals surface area contributed by atoms with Gasteiger partial charge in [-0.2, -0.15) is 8.92 Å². The molecule has 0 saturated heterocycles. The number of aryl methyl sites for hydroxylation is 1. The molecule has 0 spiro atoms. The maximum Gasteiger partial charge on any atom is 0.411 e. The minimum Gasteiger partial charge on any atom is -0.465 e. The van der Waals surface area contributed by atoms with Crippen molar-refractivity contribution in [2.45, 2.75) is 30.8 Å². The summed E-state index contributed by atoms with van der Waals surface area (Å²) < 4.78 is 1.76. The van der Waals surface area contributed by atoms with Gasteiger partial charge in [-0.1, -0.05) is 18.0 Å². The maximum absolute atomic E-state index is 11.5. The lowest BCUT2D eigenvalue weighted by Gasteiger charge is -2.19. The average Bonchev–Trinajstić information content (AvgIpc) is 3.14. The number of pyridine rings is 1. The molecule has 0 bridgehead atoms. The Hall–Kier alpha value is -1.85. The van der Waals surface area contributed by atoms with Gasteiger partial charge in [0.2, 0.25) is 0 Å². The van der Waals surface area contributed by atoms with Crippen molar-refractivity contribution in [3.63, 3.8) is 0 Å². The van der Waals surface area contributed by atoms with Crippen LogP contribution in [0.2, 0.25) is 0 Å². The third-order valence-electron chi connectivity index (χ3n) is 3.37. The van der Waals surface area contributed by atoms with Crippen molar-refractivity contribution in [2.75, 3.05) is 11.4 Å². The quantitative estimate of drug-likeness (QED) is 0.409. The van der Waals surface area contributed by atoms with Crippen LogP contribution in [0.25, 0.3) is 0 Å². The van der Waals surface area contributed by atoms with Crippen molar-refractivity contribution in [3.05, 3.63) is 23.7 Å². The average molecular weight is 353 g/mol. The molecule has 0 radical (unpaired) electrons. The summed E-state index contributed by atoms with van der Waals surface area (Å²) in [4.78, 5) is 17.1. The molecule has 0 saturated carbocycles. The lowest BCUT2D eigenvalue weighted by molar-refractivity contribution is 0.201. The number of carbonyl (C=O) groups is 1. The number of carboxylic acid groups (broad SMARTS) is 1. The highest BCUT2D eigenvalue weighted by Crippen LogP contribution is 2.37. The molecular weight excluding hydrogens is 338 g/mol. The molecule has 9 nitrogen and oxygen atoms in total. The van der Waals surface area contributed by atoms with E-state index >= 15 is 0 Å². The number of rotatable bonds is 6. The number of aromatic amines is 1. The van der Waals surface area contributed by atoms with Crippen LogP contribution in [0.5, 0.6) is 0 Å². The molecule has 3 rings (SSSR count). The fourth-order valence-corrected chi connectivity index (χ4v) is 3.41. The van der Waals surface area contributed by atoms with Gasteiger partial charge < -0.3 is 5.11 Å². The van der Waals surface area contributed by atoms with Gasteiger partial charge in [-0.3, -0.25) is 4.90 Å². The Morgan fingerprint density at radius 2 is 2.39 bits per heavy atom. The van der Waals surface area contributed by atoms with Gasteiger partial charge in [0.05, 0.1) is 11.9 Å². The molecule has 0 aliphatic carbocycles. The number of hydrogen-bond donors (Lipinski definition) is 3. The first kappa shape index (κ1) is 16.0. The van der Waals surface area contributed by atoms with Crippen LogP contribution in [0, 0.1) is 0 Å². The first-order valence-electron chi connectivity index (χ1n) is 6.99. The Morgan fingerprint density at radius 1 is 1.52 bits per heavy atom. The van der Waals surface area contributed by atoms with E-state index in [1.165, 1.54) is 16.8 Å². The Kier molecular flexibility index (Phi) is 4.98. The largest absolute Gasteiger partial charge is 0.465 e. The first-order valence-corrected chi connectivity index (χ1v) is 8.17. The van der Waals surface area contributed by atoms with Gasteiger partial charge in [0.15, 0.2) is 5.82 Å². The molecule has 2 aromatic rings. The Morgan fingerprint density at radius 3 is 3.13 bits per heavy atom. The molecule has 0 unspecified atom stereocenters. The van der Waals surface area contributed by atoms with Crippen LogP contribution < -0.4 is 4.90 Å². The third-order valence-corrected chi connectivity index (χ3v) is 4.64. The zero-order chi connectivity index (χ0) is 16.2. The van der Waals surface area contributed by atoms with Gasteiger partial charge in [-0.25, -0.2) is 9.78 Å². The van der Waals surface area contributed by atoms with Gasteiger partial charge >= 0.3 is 6.09 Å². The molecule has 2 N–H and O–H groups in total. The fraction of sp³-hybridized carbons (Fsp3) is 0.417. The van der Waals surface area contributed by atoms with E-state index in [2.05, 4.69) is 38.4 Å². The predicted octanol–water partition coefficient (Wildman–Crippen LogP) is 1.77. The second kappa shape index (κ2) is 7.15. The topological polar surface area (TPSA) is 111 Å². The molecule has 0 aromatic carbocycles. The number of amides is 1. The number of aromatic nitrogens is 5.